The Hall–Kier alpha value is -4.06. The minimum Gasteiger partial charge on any atom is -0.497 e. The standard InChI is InChI=1S/C27H24O6/c1-4-31-23-8-6-5-7-19(23)14-25-27(29)26-17(2)13-21(15-24(26)33-25)32-16-22(28)18-9-11-20(30-3)12-10-18/h5-15H,4,16H2,1-3H3/b25-14-. The second kappa shape index (κ2) is 9.61. The number of benzene rings is 3. The van der Waals surface area contributed by atoms with Gasteiger partial charge in [0.1, 0.15) is 23.0 Å². The summed E-state index contributed by atoms with van der Waals surface area (Å²) in [6.07, 6.45) is 1.68. The molecule has 0 aliphatic carbocycles. The zero-order valence-electron chi connectivity index (χ0n) is 18.7. The van der Waals surface area contributed by atoms with Crippen LogP contribution in [0, 0.1) is 6.92 Å². The van der Waals surface area contributed by atoms with Gasteiger partial charge < -0.3 is 18.9 Å². The van der Waals surface area contributed by atoms with E-state index in [-0.39, 0.29) is 23.9 Å². The van der Waals surface area contributed by atoms with Crippen LogP contribution in [0.3, 0.4) is 0 Å². The van der Waals surface area contributed by atoms with Gasteiger partial charge in [-0.15, -0.1) is 0 Å². The van der Waals surface area contributed by atoms with E-state index in [9.17, 15) is 9.59 Å². The summed E-state index contributed by atoms with van der Waals surface area (Å²) in [7, 11) is 1.57. The monoisotopic (exact) mass is 444 g/mol. The number of ketones is 2. The van der Waals surface area contributed by atoms with Gasteiger partial charge in [-0.25, -0.2) is 0 Å². The number of allylic oxidation sites excluding steroid dienone is 1. The number of carbonyl (C=O) groups is 2. The Balaban J connectivity index is 1.51. The van der Waals surface area contributed by atoms with Crippen LogP contribution < -0.4 is 18.9 Å². The molecule has 0 N–H and O–H groups in total. The Bertz CT molecular complexity index is 1220. The maximum Gasteiger partial charge on any atom is 0.232 e. The molecular weight excluding hydrogens is 420 g/mol. The van der Waals surface area contributed by atoms with E-state index in [2.05, 4.69) is 0 Å². The number of fused-ring (bicyclic) bond motifs is 1. The van der Waals surface area contributed by atoms with Gasteiger partial charge >= 0.3 is 0 Å². The Morgan fingerprint density at radius 1 is 1.00 bits per heavy atom. The van der Waals surface area contributed by atoms with Crippen LogP contribution in [0.15, 0.2) is 66.4 Å². The van der Waals surface area contributed by atoms with E-state index in [0.717, 1.165) is 5.56 Å². The van der Waals surface area contributed by atoms with E-state index in [0.29, 0.717) is 46.3 Å². The lowest BCUT2D eigenvalue weighted by molar-refractivity contribution is 0.0920. The fourth-order valence-electron chi connectivity index (χ4n) is 3.60. The molecule has 6 heteroatoms. The summed E-state index contributed by atoms with van der Waals surface area (Å²) >= 11 is 0. The normalized spacial score (nSPS) is 13.4. The second-order valence-electron chi connectivity index (χ2n) is 7.46. The molecule has 0 spiro atoms. The van der Waals surface area contributed by atoms with E-state index >= 15 is 0 Å². The van der Waals surface area contributed by atoms with Gasteiger partial charge in [-0.2, -0.15) is 0 Å². The molecule has 4 rings (SSSR count). The summed E-state index contributed by atoms with van der Waals surface area (Å²) in [5.74, 6) is 2.07. The highest BCUT2D eigenvalue weighted by Crippen LogP contribution is 2.38. The van der Waals surface area contributed by atoms with Crippen LogP contribution in [0.25, 0.3) is 6.08 Å². The fourth-order valence-corrected chi connectivity index (χ4v) is 3.60. The van der Waals surface area contributed by atoms with Gasteiger partial charge in [0.2, 0.25) is 5.78 Å². The zero-order valence-corrected chi connectivity index (χ0v) is 18.7. The molecule has 168 valence electrons. The number of para-hydroxylation sites is 1. The number of Topliss-reactive ketones (excluding diaryl/α,β-unsaturated/α-hetero) is 2. The van der Waals surface area contributed by atoms with Crippen molar-refractivity contribution in [2.45, 2.75) is 13.8 Å². The number of ether oxygens (including phenoxy) is 4. The molecule has 0 fully saturated rings. The molecule has 0 saturated carbocycles. The van der Waals surface area contributed by atoms with Gasteiger partial charge in [-0.3, -0.25) is 9.59 Å². The average molecular weight is 444 g/mol. The Morgan fingerprint density at radius 2 is 1.76 bits per heavy atom. The molecule has 3 aromatic carbocycles. The molecule has 6 nitrogen and oxygen atoms in total. The van der Waals surface area contributed by atoms with Crippen molar-refractivity contribution >= 4 is 17.6 Å². The lowest BCUT2D eigenvalue weighted by Crippen LogP contribution is -2.11. The van der Waals surface area contributed by atoms with Gasteiger partial charge in [-0.1, -0.05) is 18.2 Å². The minimum atomic E-state index is -0.199. The molecule has 0 aromatic heterocycles. The molecule has 1 aliphatic heterocycles. The summed E-state index contributed by atoms with van der Waals surface area (Å²) in [6.45, 7) is 4.10. The molecule has 0 unspecified atom stereocenters. The molecular formula is C27H24O6. The average Bonchev–Trinajstić information content (AvgIpc) is 3.14. The Labute approximate surface area is 192 Å². The number of hydrogen-bond acceptors (Lipinski definition) is 6. The molecule has 0 amide bonds. The van der Waals surface area contributed by atoms with Crippen LogP contribution in [-0.2, 0) is 0 Å². The van der Waals surface area contributed by atoms with E-state index in [1.165, 1.54) is 0 Å². The van der Waals surface area contributed by atoms with Crippen molar-refractivity contribution in [1.29, 1.82) is 0 Å². The topological polar surface area (TPSA) is 71.1 Å². The number of methoxy groups -OCH3 is 1. The summed E-state index contributed by atoms with van der Waals surface area (Å²) in [6, 6.07) is 17.7. The number of aryl methyl sites for hydroxylation is 1. The zero-order chi connectivity index (χ0) is 23.4. The van der Waals surface area contributed by atoms with E-state index < -0.39 is 0 Å². The Kier molecular flexibility index (Phi) is 6.45. The van der Waals surface area contributed by atoms with E-state index in [1.807, 2.05) is 38.1 Å². The smallest absolute Gasteiger partial charge is 0.232 e. The van der Waals surface area contributed by atoms with Crippen LogP contribution in [0.2, 0.25) is 0 Å². The third-order valence-electron chi connectivity index (χ3n) is 5.23. The first-order valence-electron chi connectivity index (χ1n) is 10.6. The predicted octanol–water partition coefficient (Wildman–Crippen LogP) is 5.28. The SMILES string of the molecule is CCOc1ccccc1/C=C1\Oc2cc(OCC(=O)c3ccc(OC)cc3)cc(C)c2C1=O. The van der Waals surface area contributed by atoms with Crippen molar-refractivity contribution < 1.29 is 28.5 Å². The molecule has 0 radical (unpaired) electrons. The van der Waals surface area contributed by atoms with E-state index in [4.69, 9.17) is 18.9 Å². The molecule has 1 heterocycles. The van der Waals surface area contributed by atoms with Gasteiger partial charge in [-0.05, 0) is 61.9 Å². The predicted molar refractivity (Wildman–Crippen MR) is 125 cm³/mol. The first-order valence-corrected chi connectivity index (χ1v) is 10.6. The van der Waals surface area contributed by atoms with Crippen LogP contribution in [-0.4, -0.2) is 31.9 Å². The first kappa shape index (κ1) is 22.1. The lowest BCUT2D eigenvalue weighted by atomic mass is 10.0. The highest BCUT2D eigenvalue weighted by Gasteiger charge is 2.30. The Morgan fingerprint density at radius 3 is 2.48 bits per heavy atom. The van der Waals surface area contributed by atoms with Crippen molar-refractivity contribution in [3.63, 3.8) is 0 Å². The highest BCUT2D eigenvalue weighted by molar-refractivity contribution is 6.15. The molecule has 0 saturated heterocycles. The van der Waals surface area contributed by atoms with Crippen molar-refractivity contribution in [3.8, 4) is 23.0 Å². The van der Waals surface area contributed by atoms with Gasteiger partial charge in [0, 0.05) is 17.2 Å². The van der Waals surface area contributed by atoms with Crippen LogP contribution in [0.5, 0.6) is 23.0 Å². The highest BCUT2D eigenvalue weighted by atomic mass is 16.5. The molecule has 3 aromatic rings. The van der Waals surface area contributed by atoms with E-state index in [1.54, 1.807) is 49.6 Å². The maximum absolute atomic E-state index is 13.0. The first-order chi connectivity index (χ1) is 16.0. The minimum absolute atomic E-state index is 0.136. The van der Waals surface area contributed by atoms with Crippen molar-refractivity contribution in [2.24, 2.45) is 0 Å². The third-order valence-corrected chi connectivity index (χ3v) is 5.23. The van der Waals surface area contributed by atoms with Gasteiger partial charge in [0.05, 0.1) is 19.3 Å². The van der Waals surface area contributed by atoms with Crippen molar-refractivity contribution in [3.05, 3.63) is 88.7 Å². The number of hydrogen-bond donors (Lipinski definition) is 0. The summed E-state index contributed by atoms with van der Waals surface area (Å²) < 4.78 is 22.3. The molecule has 33 heavy (non-hydrogen) atoms. The largest absolute Gasteiger partial charge is 0.497 e. The van der Waals surface area contributed by atoms with Gasteiger partial charge in [0.15, 0.2) is 18.1 Å². The third kappa shape index (κ3) is 4.75. The molecule has 0 atom stereocenters. The lowest BCUT2D eigenvalue weighted by Gasteiger charge is -2.09. The number of rotatable bonds is 8. The summed E-state index contributed by atoms with van der Waals surface area (Å²) in [5.41, 5.74) is 2.49. The van der Waals surface area contributed by atoms with Gasteiger partial charge in [0.25, 0.3) is 0 Å². The number of carbonyl (C=O) groups excluding carboxylic acids is 2. The van der Waals surface area contributed by atoms with Crippen LogP contribution in [0.1, 0.15) is 38.8 Å². The van der Waals surface area contributed by atoms with Crippen LogP contribution >= 0.6 is 0 Å². The molecule has 1 aliphatic rings. The summed E-state index contributed by atoms with van der Waals surface area (Å²) in [4.78, 5) is 25.4. The second-order valence-corrected chi connectivity index (χ2v) is 7.46. The van der Waals surface area contributed by atoms with Crippen molar-refractivity contribution in [1.82, 2.24) is 0 Å². The molecule has 0 bridgehead atoms. The van der Waals surface area contributed by atoms with Crippen molar-refractivity contribution in [2.75, 3.05) is 20.3 Å². The van der Waals surface area contributed by atoms with Crippen LogP contribution in [0.4, 0.5) is 0 Å². The fraction of sp³-hybridized carbons (Fsp3) is 0.185. The summed E-state index contributed by atoms with van der Waals surface area (Å²) in [5, 5.41) is 0. The maximum atomic E-state index is 13.0. The quantitative estimate of drug-likeness (QED) is 0.348.